The monoisotopic (exact) mass is 382 g/mol. The van der Waals surface area contributed by atoms with Crippen LogP contribution in [0.2, 0.25) is 0 Å². The molecule has 0 unspecified atom stereocenters. The fourth-order valence-electron chi connectivity index (χ4n) is 4.34. The fraction of sp³-hybridized carbons (Fsp3) is 0.333. The van der Waals surface area contributed by atoms with Crippen LogP contribution in [0, 0.1) is 0 Å². The number of fused-ring (bicyclic) bond motifs is 7. The molecule has 0 saturated heterocycles. The Kier molecular flexibility index (Phi) is 3.07. The third kappa shape index (κ3) is 2.00. The molecule has 2 aromatic rings. The zero-order chi connectivity index (χ0) is 19.0. The lowest BCUT2D eigenvalue weighted by Gasteiger charge is -2.35. The number of benzene rings is 2. The summed E-state index contributed by atoms with van der Waals surface area (Å²) in [5.41, 5.74) is 1.69. The molecule has 4 aliphatic heterocycles. The standard InChI is InChI=1S/C21H18O7/c1-10(7-22)14-3-11-2-12-16(5-15(11)27-14)24-8-21(23)13-4-18-19(26-9-25-18)6-17(13)28-20(12)21/h2,4-6,14,20,22-23H,1,3,7-9H2/t14-,20-,21+/m0/s1. The second kappa shape index (κ2) is 5.33. The molecule has 144 valence electrons. The van der Waals surface area contributed by atoms with Crippen LogP contribution in [-0.4, -0.2) is 36.3 Å². The van der Waals surface area contributed by atoms with Crippen LogP contribution in [0.3, 0.4) is 0 Å². The SMILES string of the molecule is C=C(CO)[C@@H]1Cc2cc3c(cc2O1)OC[C@@]1(O)c2cc4c(cc2O[C@@H]31)OCO4. The maximum Gasteiger partial charge on any atom is 0.231 e. The molecule has 0 aliphatic carbocycles. The lowest BCUT2D eigenvalue weighted by molar-refractivity contribution is -0.0865. The molecule has 0 bridgehead atoms. The van der Waals surface area contributed by atoms with Crippen molar-refractivity contribution in [3.05, 3.63) is 53.1 Å². The number of aliphatic hydroxyl groups excluding tert-OH is 1. The maximum absolute atomic E-state index is 11.4. The third-order valence-electron chi connectivity index (χ3n) is 5.88. The number of hydrogen-bond donors (Lipinski definition) is 2. The molecule has 2 aromatic carbocycles. The molecule has 7 nitrogen and oxygen atoms in total. The van der Waals surface area contributed by atoms with Gasteiger partial charge < -0.3 is 33.9 Å². The van der Waals surface area contributed by atoms with E-state index in [9.17, 15) is 10.2 Å². The highest BCUT2D eigenvalue weighted by atomic mass is 16.7. The number of rotatable bonds is 2. The van der Waals surface area contributed by atoms with Crippen molar-refractivity contribution in [1.29, 1.82) is 0 Å². The fourth-order valence-corrected chi connectivity index (χ4v) is 4.34. The summed E-state index contributed by atoms with van der Waals surface area (Å²) in [6.45, 7) is 3.96. The zero-order valence-electron chi connectivity index (χ0n) is 14.9. The van der Waals surface area contributed by atoms with Crippen molar-refractivity contribution in [3.8, 4) is 28.7 Å². The number of aliphatic hydroxyl groups is 2. The highest BCUT2D eigenvalue weighted by Gasteiger charge is 2.54. The van der Waals surface area contributed by atoms with Gasteiger partial charge in [0.25, 0.3) is 0 Å². The second-order valence-corrected chi connectivity index (χ2v) is 7.54. The molecule has 0 saturated carbocycles. The van der Waals surface area contributed by atoms with Crippen LogP contribution in [0.15, 0.2) is 36.4 Å². The summed E-state index contributed by atoms with van der Waals surface area (Å²) >= 11 is 0. The Morgan fingerprint density at radius 1 is 1.00 bits per heavy atom. The van der Waals surface area contributed by atoms with E-state index in [1.54, 1.807) is 12.1 Å². The van der Waals surface area contributed by atoms with E-state index in [2.05, 4.69) is 6.58 Å². The van der Waals surface area contributed by atoms with Gasteiger partial charge >= 0.3 is 0 Å². The highest BCUT2D eigenvalue weighted by molar-refractivity contribution is 5.60. The van der Waals surface area contributed by atoms with E-state index in [0.29, 0.717) is 46.3 Å². The molecule has 4 heterocycles. The van der Waals surface area contributed by atoms with Crippen LogP contribution in [0.5, 0.6) is 28.7 Å². The first-order valence-corrected chi connectivity index (χ1v) is 9.15. The van der Waals surface area contributed by atoms with E-state index >= 15 is 0 Å². The quantitative estimate of drug-likeness (QED) is 0.768. The molecule has 28 heavy (non-hydrogen) atoms. The summed E-state index contributed by atoms with van der Waals surface area (Å²) in [5, 5.41) is 20.8. The highest BCUT2D eigenvalue weighted by Crippen LogP contribution is 2.57. The minimum absolute atomic E-state index is 0.0584. The molecule has 0 radical (unpaired) electrons. The summed E-state index contributed by atoms with van der Waals surface area (Å²) in [6.07, 6.45) is -0.253. The Bertz CT molecular complexity index is 1030. The topological polar surface area (TPSA) is 86.6 Å². The molecule has 6 rings (SSSR count). The lowest BCUT2D eigenvalue weighted by Crippen LogP contribution is -2.41. The van der Waals surface area contributed by atoms with Crippen molar-refractivity contribution >= 4 is 0 Å². The zero-order valence-corrected chi connectivity index (χ0v) is 14.9. The van der Waals surface area contributed by atoms with Crippen molar-refractivity contribution in [3.63, 3.8) is 0 Å². The normalized spacial score (nSPS) is 27.6. The average Bonchev–Trinajstić information content (AvgIpc) is 3.39. The molecule has 0 spiro atoms. The van der Waals surface area contributed by atoms with Crippen LogP contribution >= 0.6 is 0 Å². The van der Waals surface area contributed by atoms with Crippen molar-refractivity contribution in [2.24, 2.45) is 0 Å². The number of hydrogen-bond acceptors (Lipinski definition) is 7. The van der Waals surface area contributed by atoms with Gasteiger partial charge in [0, 0.05) is 29.7 Å². The van der Waals surface area contributed by atoms with Gasteiger partial charge in [-0.1, -0.05) is 6.58 Å². The summed E-state index contributed by atoms with van der Waals surface area (Å²) in [6, 6.07) is 7.30. The Morgan fingerprint density at radius 2 is 1.79 bits per heavy atom. The van der Waals surface area contributed by atoms with Gasteiger partial charge in [0.1, 0.15) is 30.0 Å². The number of ether oxygens (including phenoxy) is 5. The van der Waals surface area contributed by atoms with Crippen molar-refractivity contribution in [2.75, 3.05) is 20.0 Å². The van der Waals surface area contributed by atoms with E-state index < -0.39 is 11.7 Å². The molecule has 0 fully saturated rings. The predicted octanol–water partition coefficient (Wildman–Crippen LogP) is 1.98. The van der Waals surface area contributed by atoms with E-state index in [4.69, 9.17) is 23.7 Å². The summed E-state index contributed by atoms with van der Waals surface area (Å²) in [4.78, 5) is 0. The van der Waals surface area contributed by atoms with E-state index in [0.717, 1.165) is 11.1 Å². The largest absolute Gasteiger partial charge is 0.489 e. The summed E-state index contributed by atoms with van der Waals surface area (Å²) < 4.78 is 28.8. The Morgan fingerprint density at radius 3 is 2.61 bits per heavy atom. The van der Waals surface area contributed by atoms with Gasteiger partial charge in [-0.2, -0.15) is 0 Å². The first-order chi connectivity index (χ1) is 13.6. The smallest absolute Gasteiger partial charge is 0.231 e. The molecule has 7 heteroatoms. The van der Waals surface area contributed by atoms with Crippen LogP contribution < -0.4 is 23.7 Å². The minimum atomic E-state index is -1.31. The van der Waals surface area contributed by atoms with Gasteiger partial charge in [-0.05, 0) is 23.3 Å². The molecule has 2 N–H and O–H groups in total. The van der Waals surface area contributed by atoms with Crippen molar-refractivity contribution in [1.82, 2.24) is 0 Å². The Hall–Kier alpha value is -2.90. The first-order valence-electron chi connectivity index (χ1n) is 9.15. The van der Waals surface area contributed by atoms with E-state index in [1.165, 1.54) is 0 Å². The Labute approximate surface area is 160 Å². The van der Waals surface area contributed by atoms with Gasteiger partial charge in [-0.25, -0.2) is 0 Å². The van der Waals surface area contributed by atoms with Gasteiger partial charge in [0.15, 0.2) is 23.2 Å². The maximum atomic E-state index is 11.4. The first kappa shape index (κ1) is 16.1. The van der Waals surface area contributed by atoms with Gasteiger partial charge in [-0.3, -0.25) is 0 Å². The van der Waals surface area contributed by atoms with Gasteiger partial charge in [-0.15, -0.1) is 0 Å². The average molecular weight is 382 g/mol. The molecule has 0 aromatic heterocycles. The Balaban J connectivity index is 1.41. The van der Waals surface area contributed by atoms with Crippen LogP contribution in [0.4, 0.5) is 0 Å². The lowest BCUT2D eigenvalue weighted by atomic mass is 9.84. The molecular weight excluding hydrogens is 364 g/mol. The molecule has 4 aliphatic rings. The molecular formula is C21H18O7. The van der Waals surface area contributed by atoms with Gasteiger partial charge in [0.2, 0.25) is 6.79 Å². The van der Waals surface area contributed by atoms with Crippen LogP contribution in [-0.2, 0) is 12.0 Å². The third-order valence-corrected chi connectivity index (χ3v) is 5.88. The second-order valence-electron chi connectivity index (χ2n) is 7.54. The van der Waals surface area contributed by atoms with E-state index in [1.807, 2.05) is 12.1 Å². The van der Waals surface area contributed by atoms with Crippen LogP contribution in [0.1, 0.15) is 22.8 Å². The molecule has 0 amide bonds. The predicted molar refractivity (Wildman–Crippen MR) is 96.1 cm³/mol. The van der Waals surface area contributed by atoms with Crippen molar-refractivity contribution in [2.45, 2.75) is 24.2 Å². The van der Waals surface area contributed by atoms with E-state index in [-0.39, 0.29) is 26.1 Å². The summed E-state index contributed by atoms with van der Waals surface area (Å²) in [7, 11) is 0. The minimum Gasteiger partial charge on any atom is -0.489 e. The van der Waals surface area contributed by atoms with Crippen molar-refractivity contribution < 1.29 is 33.9 Å². The summed E-state index contributed by atoms with van der Waals surface area (Å²) in [5.74, 6) is 3.10. The van der Waals surface area contributed by atoms with Crippen LogP contribution in [0.25, 0.3) is 0 Å². The molecule has 3 atom stereocenters. The van der Waals surface area contributed by atoms with Gasteiger partial charge in [0.05, 0.1) is 6.61 Å².